The zero-order chi connectivity index (χ0) is 16.1. The molecule has 0 spiro atoms. The number of nitrogens with two attached hydrogens (primary N) is 1. The highest BCUT2D eigenvalue weighted by atomic mass is 16.4. The third-order valence-corrected chi connectivity index (χ3v) is 4.03. The number of likely N-dealkylation sites (tertiary alicyclic amines) is 1. The highest BCUT2D eigenvalue weighted by Gasteiger charge is 2.26. The lowest BCUT2D eigenvalue weighted by molar-refractivity contribution is -0.144. The van der Waals surface area contributed by atoms with Crippen LogP contribution in [0.1, 0.15) is 25.3 Å². The fourth-order valence-electron chi connectivity index (χ4n) is 2.80. The van der Waals surface area contributed by atoms with Gasteiger partial charge in [0.25, 0.3) is 0 Å². The fraction of sp³-hybridized carbons (Fsp3) is 0.500. The lowest BCUT2D eigenvalue weighted by atomic mass is 9.98. The lowest BCUT2D eigenvalue weighted by Gasteiger charge is -2.29. The van der Waals surface area contributed by atoms with Crippen molar-refractivity contribution in [2.45, 2.75) is 26.2 Å². The summed E-state index contributed by atoms with van der Waals surface area (Å²) < 4.78 is 0. The number of hydrogen-bond donors (Lipinski definition) is 3. The molecular formula is C16H23N3O3. The Balaban J connectivity index is 1.90. The maximum Gasteiger partial charge on any atom is 0.307 e. The summed E-state index contributed by atoms with van der Waals surface area (Å²) in [5.41, 5.74) is 8.31. The van der Waals surface area contributed by atoms with Gasteiger partial charge in [-0.1, -0.05) is 13.0 Å². The molecule has 0 radical (unpaired) electrons. The van der Waals surface area contributed by atoms with E-state index in [0.29, 0.717) is 24.3 Å². The lowest BCUT2D eigenvalue weighted by Crippen LogP contribution is -2.42. The third-order valence-electron chi connectivity index (χ3n) is 4.03. The molecule has 1 fully saturated rings. The van der Waals surface area contributed by atoms with Crippen molar-refractivity contribution in [1.82, 2.24) is 4.90 Å². The number of carboxylic acid groups (broad SMARTS) is 1. The number of aliphatic carboxylic acids is 1. The normalized spacial score (nSPS) is 18.9. The minimum Gasteiger partial charge on any atom is -0.481 e. The average Bonchev–Trinajstić information content (AvgIpc) is 2.47. The number of nitrogens with zero attached hydrogens (tertiary/aromatic N) is 1. The Hall–Kier alpha value is -2.08. The molecule has 120 valence electrons. The molecule has 6 heteroatoms. The van der Waals surface area contributed by atoms with Crippen LogP contribution in [-0.2, 0) is 16.0 Å². The molecule has 1 aliphatic rings. The van der Waals surface area contributed by atoms with Crippen LogP contribution in [0.4, 0.5) is 11.4 Å². The molecule has 0 saturated carbocycles. The van der Waals surface area contributed by atoms with Gasteiger partial charge in [0.2, 0.25) is 5.91 Å². The van der Waals surface area contributed by atoms with Gasteiger partial charge in [0.15, 0.2) is 0 Å². The summed E-state index contributed by atoms with van der Waals surface area (Å²) >= 11 is 0. The van der Waals surface area contributed by atoms with Crippen molar-refractivity contribution in [3.8, 4) is 0 Å². The number of rotatable bonds is 5. The molecule has 0 bridgehead atoms. The maximum atomic E-state index is 12.1. The second-order valence-electron chi connectivity index (χ2n) is 5.73. The van der Waals surface area contributed by atoms with Crippen LogP contribution in [0.5, 0.6) is 0 Å². The second-order valence-corrected chi connectivity index (χ2v) is 5.73. The molecule has 4 N–H and O–H groups in total. The average molecular weight is 305 g/mol. The number of nitrogen functional groups attached to an aromatic ring is 1. The van der Waals surface area contributed by atoms with Gasteiger partial charge in [-0.2, -0.15) is 0 Å². The summed E-state index contributed by atoms with van der Waals surface area (Å²) in [7, 11) is 0. The molecule has 1 aromatic rings. The molecule has 0 aliphatic carbocycles. The van der Waals surface area contributed by atoms with E-state index < -0.39 is 5.97 Å². The molecule has 2 rings (SSSR count). The number of piperidine rings is 1. The van der Waals surface area contributed by atoms with Crippen molar-refractivity contribution in [1.29, 1.82) is 0 Å². The van der Waals surface area contributed by atoms with Crippen LogP contribution in [0.3, 0.4) is 0 Å². The van der Waals surface area contributed by atoms with Crippen molar-refractivity contribution >= 4 is 23.3 Å². The van der Waals surface area contributed by atoms with E-state index in [1.165, 1.54) is 0 Å². The molecule has 1 saturated heterocycles. The van der Waals surface area contributed by atoms with E-state index in [9.17, 15) is 9.59 Å². The molecule has 1 amide bonds. The van der Waals surface area contributed by atoms with Crippen molar-refractivity contribution in [3.05, 3.63) is 23.8 Å². The van der Waals surface area contributed by atoms with E-state index in [2.05, 4.69) is 5.32 Å². The van der Waals surface area contributed by atoms with Crippen LogP contribution in [0.25, 0.3) is 0 Å². The smallest absolute Gasteiger partial charge is 0.307 e. The fourth-order valence-corrected chi connectivity index (χ4v) is 2.80. The van der Waals surface area contributed by atoms with Gasteiger partial charge in [0.05, 0.1) is 12.5 Å². The Morgan fingerprint density at radius 3 is 2.86 bits per heavy atom. The van der Waals surface area contributed by atoms with Crippen molar-refractivity contribution < 1.29 is 14.7 Å². The molecular weight excluding hydrogens is 282 g/mol. The van der Waals surface area contributed by atoms with Crippen LogP contribution >= 0.6 is 0 Å². The second kappa shape index (κ2) is 7.26. The predicted octanol–water partition coefficient (Wildman–Crippen LogP) is 1.57. The first kappa shape index (κ1) is 16.3. The van der Waals surface area contributed by atoms with Gasteiger partial charge >= 0.3 is 5.97 Å². The standard InChI is InChI=1S/C16H23N3O3/c1-2-11-5-6-13(8-14(11)17)18-15(20)10-19-7-3-4-12(9-19)16(21)22/h5-6,8,12H,2-4,7,9-10,17H2,1H3,(H,18,20)(H,21,22). The number of carboxylic acids is 1. The summed E-state index contributed by atoms with van der Waals surface area (Å²) in [6.45, 7) is 3.42. The zero-order valence-electron chi connectivity index (χ0n) is 12.8. The zero-order valence-corrected chi connectivity index (χ0v) is 12.8. The quantitative estimate of drug-likeness (QED) is 0.718. The number of benzene rings is 1. The number of nitrogens with one attached hydrogen (secondary N) is 1. The van der Waals surface area contributed by atoms with Crippen LogP contribution in [-0.4, -0.2) is 41.5 Å². The topological polar surface area (TPSA) is 95.7 Å². The van der Waals surface area contributed by atoms with Crippen molar-refractivity contribution in [2.75, 3.05) is 30.7 Å². The summed E-state index contributed by atoms with van der Waals surface area (Å²) in [4.78, 5) is 25.0. The van der Waals surface area contributed by atoms with Gasteiger partial charge in [0, 0.05) is 17.9 Å². The SMILES string of the molecule is CCc1ccc(NC(=O)CN2CCCC(C(=O)O)C2)cc1N. The van der Waals surface area contributed by atoms with Crippen molar-refractivity contribution in [2.24, 2.45) is 5.92 Å². The molecule has 1 aliphatic heterocycles. The summed E-state index contributed by atoms with van der Waals surface area (Å²) in [6.07, 6.45) is 2.34. The van der Waals surface area contributed by atoms with E-state index in [1.54, 1.807) is 6.07 Å². The number of anilines is 2. The van der Waals surface area contributed by atoms with E-state index in [4.69, 9.17) is 10.8 Å². The van der Waals surface area contributed by atoms with Gasteiger partial charge in [-0.25, -0.2) is 0 Å². The molecule has 22 heavy (non-hydrogen) atoms. The number of aryl methyl sites for hydroxylation is 1. The van der Waals surface area contributed by atoms with E-state index in [1.807, 2.05) is 24.0 Å². The first-order chi connectivity index (χ1) is 10.5. The van der Waals surface area contributed by atoms with E-state index >= 15 is 0 Å². The van der Waals surface area contributed by atoms with Gasteiger partial charge in [-0.15, -0.1) is 0 Å². The van der Waals surface area contributed by atoms with Gasteiger partial charge in [-0.05, 0) is 43.5 Å². The van der Waals surface area contributed by atoms with E-state index in [0.717, 1.165) is 24.9 Å². The molecule has 0 aromatic heterocycles. The van der Waals surface area contributed by atoms with Crippen LogP contribution < -0.4 is 11.1 Å². The predicted molar refractivity (Wildman–Crippen MR) is 85.7 cm³/mol. The highest BCUT2D eigenvalue weighted by Crippen LogP contribution is 2.19. The Kier molecular flexibility index (Phi) is 5.38. The molecule has 1 unspecified atom stereocenters. The number of amides is 1. The summed E-state index contributed by atoms with van der Waals surface area (Å²) in [5.74, 6) is -1.30. The highest BCUT2D eigenvalue weighted by molar-refractivity contribution is 5.92. The van der Waals surface area contributed by atoms with Crippen LogP contribution in [0, 0.1) is 5.92 Å². The van der Waals surface area contributed by atoms with Gasteiger partial charge < -0.3 is 16.2 Å². The Morgan fingerprint density at radius 2 is 2.23 bits per heavy atom. The monoisotopic (exact) mass is 305 g/mol. The number of carbonyl (C=O) groups excluding carboxylic acids is 1. The minimum absolute atomic E-state index is 0.144. The maximum absolute atomic E-state index is 12.1. The Labute approximate surface area is 130 Å². The minimum atomic E-state index is -0.784. The first-order valence-corrected chi connectivity index (χ1v) is 7.63. The summed E-state index contributed by atoms with van der Waals surface area (Å²) in [5, 5.41) is 11.9. The number of carbonyl (C=O) groups is 2. The molecule has 6 nitrogen and oxygen atoms in total. The molecule has 1 heterocycles. The Morgan fingerprint density at radius 1 is 1.45 bits per heavy atom. The molecule has 1 aromatic carbocycles. The largest absolute Gasteiger partial charge is 0.481 e. The third kappa shape index (κ3) is 4.21. The van der Waals surface area contributed by atoms with Crippen LogP contribution in [0.2, 0.25) is 0 Å². The number of hydrogen-bond acceptors (Lipinski definition) is 4. The van der Waals surface area contributed by atoms with Gasteiger partial charge in [-0.3, -0.25) is 14.5 Å². The molecule has 1 atom stereocenters. The summed E-state index contributed by atoms with van der Waals surface area (Å²) in [6, 6.07) is 5.50. The van der Waals surface area contributed by atoms with E-state index in [-0.39, 0.29) is 18.4 Å². The van der Waals surface area contributed by atoms with Crippen LogP contribution in [0.15, 0.2) is 18.2 Å². The Bertz CT molecular complexity index is 560. The van der Waals surface area contributed by atoms with Gasteiger partial charge in [0.1, 0.15) is 0 Å². The van der Waals surface area contributed by atoms with Crippen molar-refractivity contribution in [3.63, 3.8) is 0 Å². The first-order valence-electron chi connectivity index (χ1n) is 7.63.